The van der Waals surface area contributed by atoms with Crippen LogP contribution in [0.1, 0.15) is 0 Å². The molecule has 20 heavy (non-hydrogen) atoms. The number of rotatable bonds is 5. The first-order valence-corrected chi connectivity index (χ1v) is 6.23. The summed E-state index contributed by atoms with van der Waals surface area (Å²) in [5.41, 5.74) is 0.708. The summed E-state index contributed by atoms with van der Waals surface area (Å²) in [5, 5.41) is 5.30. The number of urea groups is 1. The van der Waals surface area contributed by atoms with Crippen LogP contribution in [0.25, 0.3) is 0 Å². The van der Waals surface area contributed by atoms with Gasteiger partial charge in [0.15, 0.2) is 11.6 Å². The van der Waals surface area contributed by atoms with Crippen LogP contribution < -0.4 is 15.4 Å². The number of para-hydroxylation sites is 2. The van der Waals surface area contributed by atoms with Gasteiger partial charge in [0.2, 0.25) is 0 Å². The Balaban J connectivity index is 1.69. The van der Waals surface area contributed by atoms with Gasteiger partial charge in [-0.25, -0.2) is 9.18 Å². The first kappa shape index (κ1) is 13.9. The quantitative estimate of drug-likeness (QED) is 0.823. The van der Waals surface area contributed by atoms with E-state index >= 15 is 0 Å². The van der Waals surface area contributed by atoms with Crippen LogP contribution >= 0.6 is 0 Å². The van der Waals surface area contributed by atoms with E-state index in [0.29, 0.717) is 5.69 Å². The molecule has 2 rings (SSSR count). The summed E-state index contributed by atoms with van der Waals surface area (Å²) in [6.07, 6.45) is 0. The lowest BCUT2D eigenvalue weighted by Crippen LogP contribution is -2.32. The lowest BCUT2D eigenvalue weighted by atomic mass is 10.3. The topological polar surface area (TPSA) is 50.4 Å². The van der Waals surface area contributed by atoms with E-state index in [1.165, 1.54) is 6.07 Å². The first-order valence-electron chi connectivity index (χ1n) is 6.23. The van der Waals surface area contributed by atoms with Crippen LogP contribution in [-0.2, 0) is 0 Å². The molecule has 0 saturated heterocycles. The smallest absolute Gasteiger partial charge is 0.319 e. The first-order chi connectivity index (χ1) is 9.75. The lowest BCUT2D eigenvalue weighted by molar-refractivity contribution is 0.246. The van der Waals surface area contributed by atoms with Gasteiger partial charge in [0.1, 0.15) is 6.61 Å². The van der Waals surface area contributed by atoms with Crippen LogP contribution in [0, 0.1) is 5.82 Å². The number of ether oxygens (including phenoxy) is 1. The van der Waals surface area contributed by atoms with Crippen LogP contribution in [0.4, 0.5) is 14.9 Å². The molecule has 0 radical (unpaired) electrons. The third kappa shape index (κ3) is 4.28. The van der Waals surface area contributed by atoms with Crippen molar-refractivity contribution in [2.75, 3.05) is 18.5 Å². The van der Waals surface area contributed by atoms with Gasteiger partial charge in [-0.2, -0.15) is 0 Å². The fraction of sp³-hybridized carbons (Fsp3) is 0.133. The minimum Gasteiger partial charge on any atom is -0.489 e. The van der Waals surface area contributed by atoms with Gasteiger partial charge in [-0.1, -0.05) is 30.3 Å². The van der Waals surface area contributed by atoms with Crippen molar-refractivity contribution < 1.29 is 13.9 Å². The molecule has 0 unspecified atom stereocenters. The maximum absolute atomic E-state index is 13.2. The zero-order chi connectivity index (χ0) is 14.2. The van der Waals surface area contributed by atoms with Gasteiger partial charge in [0, 0.05) is 5.69 Å². The number of anilines is 1. The molecular formula is C15H15FN2O2. The molecule has 0 atom stereocenters. The molecule has 0 heterocycles. The summed E-state index contributed by atoms with van der Waals surface area (Å²) >= 11 is 0. The van der Waals surface area contributed by atoms with Gasteiger partial charge < -0.3 is 15.4 Å². The Morgan fingerprint density at radius 2 is 1.75 bits per heavy atom. The highest BCUT2D eigenvalue weighted by Crippen LogP contribution is 2.14. The van der Waals surface area contributed by atoms with Crippen molar-refractivity contribution in [1.82, 2.24) is 5.32 Å². The number of amides is 2. The van der Waals surface area contributed by atoms with Crippen LogP contribution in [0.3, 0.4) is 0 Å². The average molecular weight is 274 g/mol. The zero-order valence-corrected chi connectivity index (χ0v) is 10.8. The van der Waals surface area contributed by atoms with E-state index in [9.17, 15) is 9.18 Å². The number of benzene rings is 2. The maximum atomic E-state index is 13.2. The highest BCUT2D eigenvalue weighted by atomic mass is 19.1. The van der Waals surface area contributed by atoms with Gasteiger partial charge in [-0.05, 0) is 24.3 Å². The Bertz CT molecular complexity index is 561. The second-order valence-corrected chi connectivity index (χ2v) is 4.03. The van der Waals surface area contributed by atoms with Crippen LogP contribution in [0.2, 0.25) is 0 Å². The predicted octanol–water partition coefficient (Wildman–Crippen LogP) is 3.03. The summed E-state index contributed by atoms with van der Waals surface area (Å²) in [5.74, 6) is -0.237. The highest BCUT2D eigenvalue weighted by molar-refractivity contribution is 5.89. The second-order valence-electron chi connectivity index (χ2n) is 4.03. The number of nitrogens with one attached hydrogen (secondary N) is 2. The Morgan fingerprint density at radius 1 is 1.05 bits per heavy atom. The monoisotopic (exact) mass is 274 g/mol. The molecule has 2 N–H and O–H groups in total. The molecule has 2 aromatic rings. The van der Waals surface area contributed by atoms with Crippen molar-refractivity contribution >= 4 is 11.7 Å². The van der Waals surface area contributed by atoms with E-state index < -0.39 is 5.82 Å². The van der Waals surface area contributed by atoms with E-state index in [1.54, 1.807) is 30.3 Å². The lowest BCUT2D eigenvalue weighted by Gasteiger charge is -2.09. The molecule has 0 aliphatic rings. The zero-order valence-electron chi connectivity index (χ0n) is 10.8. The number of hydrogen-bond donors (Lipinski definition) is 2. The maximum Gasteiger partial charge on any atom is 0.319 e. The van der Waals surface area contributed by atoms with Crippen molar-refractivity contribution in [3.8, 4) is 5.75 Å². The second kappa shape index (κ2) is 7.13. The standard InChI is InChI=1S/C15H15FN2O2/c16-13-8-4-5-9-14(13)20-11-10-17-15(19)18-12-6-2-1-3-7-12/h1-9H,10-11H2,(H2,17,18,19). The molecule has 5 heteroatoms. The fourth-order valence-corrected chi connectivity index (χ4v) is 1.58. The van der Waals surface area contributed by atoms with Crippen molar-refractivity contribution in [1.29, 1.82) is 0 Å². The van der Waals surface area contributed by atoms with E-state index in [4.69, 9.17) is 4.74 Å². The molecule has 2 amide bonds. The van der Waals surface area contributed by atoms with Crippen LogP contribution in [0.15, 0.2) is 54.6 Å². The van der Waals surface area contributed by atoms with Gasteiger partial charge in [0.25, 0.3) is 0 Å². The molecule has 0 spiro atoms. The van der Waals surface area contributed by atoms with Crippen molar-refractivity contribution in [3.05, 3.63) is 60.4 Å². The molecule has 104 valence electrons. The summed E-state index contributed by atoms with van der Waals surface area (Å²) in [4.78, 5) is 11.5. The number of carbonyl (C=O) groups excluding carboxylic acids is 1. The number of carbonyl (C=O) groups is 1. The summed E-state index contributed by atoms with van der Waals surface area (Å²) in [6, 6.07) is 14.9. The minimum atomic E-state index is -0.416. The van der Waals surface area contributed by atoms with Gasteiger partial charge in [-0.3, -0.25) is 0 Å². The van der Waals surface area contributed by atoms with E-state index in [-0.39, 0.29) is 24.9 Å². The Morgan fingerprint density at radius 3 is 2.50 bits per heavy atom. The van der Waals surface area contributed by atoms with Crippen LogP contribution in [0.5, 0.6) is 5.75 Å². The van der Waals surface area contributed by atoms with Crippen molar-refractivity contribution in [3.63, 3.8) is 0 Å². The third-order valence-corrected chi connectivity index (χ3v) is 2.51. The molecule has 0 aliphatic heterocycles. The minimum absolute atomic E-state index is 0.178. The molecular weight excluding hydrogens is 259 g/mol. The van der Waals surface area contributed by atoms with Gasteiger partial charge >= 0.3 is 6.03 Å². The average Bonchev–Trinajstić information content (AvgIpc) is 2.46. The number of halogens is 1. The summed E-state index contributed by atoms with van der Waals surface area (Å²) in [6.45, 7) is 0.482. The number of hydrogen-bond acceptors (Lipinski definition) is 2. The third-order valence-electron chi connectivity index (χ3n) is 2.51. The summed E-state index contributed by atoms with van der Waals surface area (Å²) in [7, 11) is 0. The van der Waals surface area contributed by atoms with Gasteiger partial charge in [-0.15, -0.1) is 0 Å². The molecule has 4 nitrogen and oxygen atoms in total. The molecule has 0 fully saturated rings. The largest absolute Gasteiger partial charge is 0.489 e. The summed E-state index contributed by atoms with van der Waals surface area (Å²) < 4.78 is 18.5. The highest BCUT2D eigenvalue weighted by Gasteiger charge is 2.02. The van der Waals surface area contributed by atoms with Gasteiger partial charge in [0.05, 0.1) is 6.54 Å². The normalized spacial score (nSPS) is 9.85. The molecule has 0 aliphatic carbocycles. The van der Waals surface area contributed by atoms with E-state index in [1.807, 2.05) is 18.2 Å². The van der Waals surface area contributed by atoms with Crippen molar-refractivity contribution in [2.24, 2.45) is 0 Å². The molecule has 0 aromatic heterocycles. The van der Waals surface area contributed by atoms with Crippen molar-refractivity contribution in [2.45, 2.75) is 0 Å². The fourth-order valence-electron chi connectivity index (χ4n) is 1.58. The predicted molar refractivity (Wildman–Crippen MR) is 75.4 cm³/mol. The molecule has 0 bridgehead atoms. The molecule has 0 saturated carbocycles. The Labute approximate surface area is 116 Å². The van der Waals surface area contributed by atoms with Crippen LogP contribution in [-0.4, -0.2) is 19.2 Å². The van der Waals surface area contributed by atoms with E-state index in [0.717, 1.165) is 0 Å². The molecule has 2 aromatic carbocycles. The van der Waals surface area contributed by atoms with E-state index in [2.05, 4.69) is 10.6 Å². The Hall–Kier alpha value is -2.56. The SMILES string of the molecule is O=C(NCCOc1ccccc1F)Nc1ccccc1. The Kier molecular flexibility index (Phi) is 4.94.